The van der Waals surface area contributed by atoms with Crippen molar-refractivity contribution in [2.45, 2.75) is 32.4 Å². The molecular weight excluding hydrogens is 352 g/mol. The van der Waals surface area contributed by atoms with Gasteiger partial charge in [0.1, 0.15) is 11.6 Å². The van der Waals surface area contributed by atoms with Crippen molar-refractivity contribution in [3.05, 3.63) is 42.0 Å². The number of rotatable bonds is 4. The Kier molecular flexibility index (Phi) is 5.69. The summed E-state index contributed by atoms with van der Waals surface area (Å²) >= 11 is 0. The van der Waals surface area contributed by atoms with Gasteiger partial charge in [0.2, 0.25) is 0 Å². The van der Waals surface area contributed by atoms with E-state index in [-0.39, 0.29) is 0 Å². The van der Waals surface area contributed by atoms with Crippen LogP contribution in [0, 0.1) is 0 Å². The van der Waals surface area contributed by atoms with Gasteiger partial charge in [0.25, 0.3) is 0 Å². The predicted molar refractivity (Wildman–Crippen MR) is 112 cm³/mol. The molecule has 0 radical (unpaired) electrons. The molecule has 0 atom stereocenters. The molecule has 0 saturated carbocycles. The molecule has 1 aromatic heterocycles. The molecule has 2 aliphatic rings. The van der Waals surface area contributed by atoms with Crippen LogP contribution in [-0.4, -0.2) is 60.7 Å². The first-order valence-corrected chi connectivity index (χ1v) is 10.2. The molecule has 0 bridgehead atoms. The summed E-state index contributed by atoms with van der Waals surface area (Å²) < 4.78 is 7.65. The average Bonchev–Trinajstić information content (AvgIpc) is 3.17. The van der Waals surface area contributed by atoms with Crippen molar-refractivity contribution in [3.8, 4) is 5.75 Å². The summed E-state index contributed by atoms with van der Waals surface area (Å²) in [7, 11) is 3.57. The zero-order valence-electron chi connectivity index (χ0n) is 16.9. The van der Waals surface area contributed by atoms with Gasteiger partial charge in [-0.2, -0.15) is 0 Å². The van der Waals surface area contributed by atoms with Crippen molar-refractivity contribution < 1.29 is 4.74 Å². The van der Waals surface area contributed by atoms with E-state index in [1.807, 2.05) is 19.2 Å². The first-order chi connectivity index (χ1) is 13.8. The first-order valence-electron chi connectivity index (χ1n) is 10.2. The van der Waals surface area contributed by atoms with E-state index in [1.165, 1.54) is 24.4 Å². The third kappa shape index (κ3) is 4.08. The van der Waals surface area contributed by atoms with Crippen LogP contribution in [0.2, 0.25) is 0 Å². The number of aliphatic imine (C=N–C) groups is 1. The third-order valence-electron chi connectivity index (χ3n) is 5.60. The SMILES string of the molecule is CN=C(NCc1cn2c(n1)CCCC2)N1CCN(c2cccc(OC)c2)CC1. The van der Waals surface area contributed by atoms with Crippen molar-refractivity contribution in [2.75, 3.05) is 45.2 Å². The number of methoxy groups -OCH3 is 1. The number of ether oxygens (including phenoxy) is 1. The number of aryl methyl sites for hydroxylation is 2. The quantitative estimate of drug-likeness (QED) is 0.648. The number of anilines is 1. The van der Waals surface area contributed by atoms with Gasteiger partial charge in [-0.05, 0) is 25.0 Å². The van der Waals surface area contributed by atoms with Gasteiger partial charge < -0.3 is 24.4 Å². The van der Waals surface area contributed by atoms with E-state index < -0.39 is 0 Å². The maximum atomic E-state index is 5.35. The van der Waals surface area contributed by atoms with Crippen LogP contribution in [0.15, 0.2) is 35.5 Å². The summed E-state index contributed by atoms with van der Waals surface area (Å²) in [4.78, 5) is 14.0. The molecule has 1 saturated heterocycles. The molecule has 2 aliphatic heterocycles. The second-order valence-electron chi connectivity index (χ2n) is 7.38. The van der Waals surface area contributed by atoms with Gasteiger partial charge in [-0.1, -0.05) is 6.07 Å². The Bertz CT molecular complexity index is 799. The Morgan fingerprint density at radius 3 is 2.79 bits per heavy atom. The van der Waals surface area contributed by atoms with Crippen LogP contribution >= 0.6 is 0 Å². The molecule has 7 heteroatoms. The fourth-order valence-electron chi connectivity index (χ4n) is 4.04. The van der Waals surface area contributed by atoms with E-state index in [0.717, 1.165) is 63.1 Å². The number of imidazole rings is 1. The summed E-state index contributed by atoms with van der Waals surface area (Å²) in [5, 5.41) is 3.50. The van der Waals surface area contributed by atoms with Crippen LogP contribution in [0.3, 0.4) is 0 Å². The highest BCUT2D eigenvalue weighted by atomic mass is 16.5. The second-order valence-corrected chi connectivity index (χ2v) is 7.38. The zero-order chi connectivity index (χ0) is 19.3. The molecule has 28 heavy (non-hydrogen) atoms. The molecule has 0 amide bonds. The van der Waals surface area contributed by atoms with Crippen molar-refractivity contribution >= 4 is 11.6 Å². The van der Waals surface area contributed by atoms with Gasteiger partial charge in [0, 0.05) is 64.1 Å². The van der Waals surface area contributed by atoms with Crippen LogP contribution in [0.5, 0.6) is 5.75 Å². The fraction of sp³-hybridized carbons (Fsp3) is 0.524. The van der Waals surface area contributed by atoms with E-state index in [2.05, 4.69) is 43.0 Å². The summed E-state index contributed by atoms with van der Waals surface area (Å²) in [6.07, 6.45) is 5.80. The monoisotopic (exact) mass is 382 g/mol. The molecule has 0 aliphatic carbocycles. The lowest BCUT2D eigenvalue weighted by atomic mass is 10.2. The second kappa shape index (κ2) is 8.54. The van der Waals surface area contributed by atoms with Gasteiger partial charge in [0.15, 0.2) is 5.96 Å². The van der Waals surface area contributed by atoms with Crippen molar-refractivity contribution in [1.29, 1.82) is 0 Å². The van der Waals surface area contributed by atoms with E-state index in [0.29, 0.717) is 0 Å². The molecular formula is C21H30N6O. The van der Waals surface area contributed by atoms with Crippen LogP contribution < -0.4 is 15.0 Å². The van der Waals surface area contributed by atoms with Gasteiger partial charge >= 0.3 is 0 Å². The molecule has 0 spiro atoms. The zero-order valence-corrected chi connectivity index (χ0v) is 16.9. The minimum Gasteiger partial charge on any atom is -0.497 e. The lowest BCUT2D eigenvalue weighted by Gasteiger charge is -2.37. The summed E-state index contributed by atoms with van der Waals surface area (Å²) in [5.74, 6) is 3.08. The molecule has 150 valence electrons. The van der Waals surface area contributed by atoms with Crippen LogP contribution in [0.25, 0.3) is 0 Å². The largest absolute Gasteiger partial charge is 0.497 e. The Balaban J connectivity index is 1.32. The van der Waals surface area contributed by atoms with Crippen LogP contribution in [-0.2, 0) is 19.5 Å². The number of hydrogen-bond donors (Lipinski definition) is 1. The lowest BCUT2D eigenvalue weighted by molar-refractivity contribution is 0.371. The van der Waals surface area contributed by atoms with Gasteiger partial charge in [-0.25, -0.2) is 4.98 Å². The number of nitrogens with zero attached hydrogens (tertiary/aromatic N) is 5. The number of aromatic nitrogens is 2. The number of guanidine groups is 1. The Morgan fingerprint density at radius 2 is 2.04 bits per heavy atom. The van der Waals surface area contributed by atoms with E-state index in [4.69, 9.17) is 9.72 Å². The average molecular weight is 383 g/mol. The summed E-state index contributed by atoms with van der Waals surface area (Å²) in [6.45, 7) is 5.64. The van der Waals surface area contributed by atoms with Crippen molar-refractivity contribution in [3.63, 3.8) is 0 Å². The summed E-state index contributed by atoms with van der Waals surface area (Å²) in [6, 6.07) is 8.28. The van der Waals surface area contributed by atoms with Crippen LogP contribution in [0.1, 0.15) is 24.4 Å². The highest BCUT2D eigenvalue weighted by molar-refractivity contribution is 5.80. The van der Waals surface area contributed by atoms with E-state index in [1.54, 1.807) is 7.11 Å². The lowest BCUT2D eigenvalue weighted by Crippen LogP contribution is -2.52. The van der Waals surface area contributed by atoms with E-state index >= 15 is 0 Å². The minimum absolute atomic E-state index is 0.725. The third-order valence-corrected chi connectivity index (χ3v) is 5.60. The van der Waals surface area contributed by atoms with Gasteiger partial charge in [0.05, 0.1) is 19.3 Å². The number of piperazine rings is 1. The summed E-state index contributed by atoms with van der Waals surface area (Å²) in [5.41, 5.74) is 2.32. The topological polar surface area (TPSA) is 57.9 Å². The standard InChI is InChI=1S/C21H30N6O/c1-22-21(23-15-17-16-27-9-4-3-8-20(27)24-17)26-12-10-25(11-13-26)18-6-5-7-19(14-18)28-2/h5-7,14,16H,3-4,8-13,15H2,1-2H3,(H,22,23). The molecule has 7 nitrogen and oxygen atoms in total. The minimum atomic E-state index is 0.725. The Labute approximate surface area is 167 Å². The number of fused-ring (bicyclic) bond motifs is 1. The fourth-order valence-corrected chi connectivity index (χ4v) is 4.04. The van der Waals surface area contributed by atoms with Gasteiger partial charge in [-0.15, -0.1) is 0 Å². The van der Waals surface area contributed by atoms with Crippen molar-refractivity contribution in [1.82, 2.24) is 19.8 Å². The predicted octanol–water partition coefficient (Wildman–Crippen LogP) is 2.13. The number of hydrogen-bond acceptors (Lipinski definition) is 4. The first kappa shape index (κ1) is 18.7. The molecule has 3 heterocycles. The number of benzene rings is 1. The highest BCUT2D eigenvalue weighted by Crippen LogP contribution is 2.22. The number of nitrogens with one attached hydrogen (secondary N) is 1. The molecule has 0 unspecified atom stereocenters. The molecule has 1 fully saturated rings. The maximum absolute atomic E-state index is 5.35. The molecule has 2 aromatic rings. The maximum Gasteiger partial charge on any atom is 0.194 e. The van der Waals surface area contributed by atoms with Crippen molar-refractivity contribution in [2.24, 2.45) is 4.99 Å². The normalized spacial score (nSPS) is 17.4. The molecule has 4 rings (SSSR count). The highest BCUT2D eigenvalue weighted by Gasteiger charge is 2.20. The molecule has 1 N–H and O–H groups in total. The smallest absolute Gasteiger partial charge is 0.194 e. The van der Waals surface area contributed by atoms with Gasteiger partial charge in [-0.3, -0.25) is 4.99 Å². The Hall–Kier alpha value is -2.70. The Morgan fingerprint density at radius 1 is 1.18 bits per heavy atom. The van der Waals surface area contributed by atoms with E-state index in [9.17, 15) is 0 Å². The van der Waals surface area contributed by atoms with Crippen LogP contribution in [0.4, 0.5) is 5.69 Å². The molecule has 1 aromatic carbocycles.